The zero-order chi connectivity index (χ0) is 15.9. The van der Waals surface area contributed by atoms with Gasteiger partial charge in [0, 0.05) is 11.8 Å². The number of carbonyl (C=O) groups is 1. The van der Waals surface area contributed by atoms with E-state index in [2.05, 4.69) is 27.6 Å². The minimum atomic E-state index is -0.155. The first kappa shape index (κ1) is 15.2. The molecule has 0 bridgehead atoms. The Morgan fingerprint density at radius 2 is 1.91 bits per heavy atom. The first-order valence-electron chi connectivity index (χ1n) is 7.16. The number of carbonyl (C=O) groups excluding carboxylic acids is 1. The molecule has 2 aromatic carbocycles. The summed E-state index contributed by atoms with van der Waals surface area (Å²) in [6.07, 6.45) is 3.38. The number of pyridine rings is 1. The second kappa shape index (κ2) is 7.56. The van der Waals surface area contributed by atoms with Gasteiger partial charge in [-0.2, -0.15) is 5.10 Å². The summed E-state index contributed by atoms with van der Waals surface area (Å²) >= 11 is 1.38. The molecule has 1 heterocycles. The molecule has 1 amide bonds. The van der Waals surface area contributed by atoms with Crippen LogP contribution in [-0.2, 0) is 4.79 Å². The van der Waals surface area contributed by atoms with E-state index >= 15 is 0 Å². The van der Waals surface area contributed by atoms with Crippen LogP contribution in [0, 0.1) is 0 Å². The van der Waals surface area contributed by atoms with Gasteiger partial charge in [-0.05, 0) is 22.9 Å². The van der Waals surface area contributed by atoms with E-state index in [-0.39, 0.29) is 11.7 Å². The van der Waals surface area contributed by atoms with Crippen LogP contribution in [0.3, 0.4) is 0 Å². The highest BCUT2D eigenvalue weighted by atomic mass is 32.2. The molecule has 0 saturated carbocycles. The van der Waals surface area contributed by atoms with Crippen LogP contribution in [0.15, 0.2) is 77.0 Å². The molecule has 23 heavy (non-hydrogen) atoms. The maximum Gasteiger partial charge on any atom is 0.250 e. The lowest BCUT2D eigenvalue weighted by Gasteiger charge is -2.02. The van der Waals surface area contributed by atoms with E-state index in [1.807, 2.05) is 48.5 Å². The predicted octanol–water partition coefficient (Wildman–Crippen LogP) is 3.48. The van der Waals surface area contributed by atoms with Crippen molar-refractivity contribution in [2.45, 2.75) is 5.03 Å². The molecule has 5 heteroatoms. The minimum Gasteiger partial charge on any atom is -0.272 e. The van der Waals surface area contributed by atoms with Crippen LogP contribution in [0.25, 0.3) is 10.8 Å². The number of nitrogens with zero attached hydrogens (tertiary/aromatic N) is 2. The Balaban J connectivity index is 1.59. The van der Waals surface area contributed by atoms with Crippen LogP contribution >= 0.6 is 11.8 Å². The molecule has 4 nitrogen and oxygen atoms in total. The van der Waals surface area contributed by atoms with Gasteiger partial charge in [-0.3, -0.25) is 4.79 Å². The molecular formula is C18H15N3OS. The normalized spacial score (nSPS) is 11.0. The molecule has 1 N–H and O–H groups in total. The summed E-state index contributed by atoms with van der Waals surface area (Å²) in [5.74, 6) is 0.126. The first-order chi connectivity index (χ1) is 11.3. The molecule has 0 unspecified atom stereocenters. The highest BCUT2D eigenvalue weighted by molar-refractivity contribution is 7.99. The summed E-state index contributed by atoms with van der Waals surface area (Å²) in [6, 6.07) is 19.7. The number of amides is 1. The standard InChI is InChI=1S/C18H15N3OS/c22-17(13-23-18-10-3-4-11-19-18)21-20-12-15-8-5-7-14-6-1-2-9-16(14)15/h1-12H,13H2,(H,21,22)/b20-12+. The average molecular weight is 321 g/mol. The van der Waals surface area contributed by atoms with Crippen molar-refractivity contribution in [3.05, 3.63) is 72.4 Å². The van der Waals surface area contributed by atoms with Crippen LogP contribution in [0.4, 0.5) is 0 Å². The van der Waals surface area contributed by atoms with Gasteiger partial charge in [0.05, 0.1) is 17.0 Å². The third-order valence-electron chi connectivity index (χ3n) is 3.21. The van der Waals surface area contributed by atoms with Gasteiger partial charge in [-0.25, -0.2) is 10.4 Å². The zero-order valence-corrected chi connectivity index (χ0v) is 13.2. The number of rotatable bonds is 5. The van der Waals surface area contributed by atoms with Crippen LogP contribution in [-0.4, -0.2) is 22.9 Å². The van der Waals surface area contributed by atoms with Crippen LogP contribution in [0.1, 0.15) is 5.56 Å². The molecule has 0 aliphatic heterocycles. The molecule has 114 valence electrons. The highest BCUT2D eigenvalue weighted by Crippen LogP contribution is 2.16. The number of nitrogens with one attached hydrogen (secondary N) is 1. The van der Waals surface area contributed by atoms with E-state index in [0.717, 1.165) is 21.4 Å². The molecule has 0 saturated heterocycles. The minimum absolute atomic E-state index is 0.155. The number of hydrogen-bond donors (Lipinski definition) is 1. The quantitative estimate of drug-likeness (QED) is 0.445. The molecule has 0 fully saturated rings. The van der Waals surface area contributed by atoms with Gasteiger partial charge in [0.1, 0.15) is 0 Å². The lowest BCUT2D eigenvalue weighted by molar-refractivity contribution is -0.118. The molecular weight excluding hydrogens is 306 g/mol. The van der Waals surface area contributed by atoms with Crippen molar-refractivity contribution in [3.8, 4) is 0 Å². The number of hydrazone groups is 1. The number of aromatic nitrogens is 1. The molecule has 0 atom stereocenters. The summed E-state index contributed by atoms with van der Waals surface area (Å²) in [7, 11) is 0. The fraction of sp³-hybridized carbons (Fsp3) is 0.0556. The predicted molar refractivity (Wildman–Crippen MR) is 94.6 cm³/mol. The van der Waals surface area contributed by atoms with Gasteiger partial charge >= 0.3 is 0 Å². The largest absolute Gasteiger partial charge is 0.272 e. The fourth-order valence-electron chi connectivity index (χ4n) is 2.14. The lowest BCUT2D eigenvalue weighted by atomic mass is 10.1. The summed E-state index contributed by atoms with van der Waals surface area (Å²) in [6.45, 7) is 0. The Hall–Kier alpha value is -2.66. The van der Waals surface area contributed by atoms with Crippen molar-refractivity contribution in [2.75, 3.05) is 5.75 Å². The highest BCUT2D eigenvalue weighted by Gasteiger charge is 2.02. The number of thioether (sulfide) groups is 1. The molecule has 0 radical (unpaired) electrons. The lowest BCUT2D eigenvalue weighted by Crippen LogP contribution is -2.19. The van der Waals surface area contributed by atoms with Crippen LogP contribution in [0.2, 0.25) is 0 Å². The summed E-state index contributed by atoms with van der Waals surface area (Å²) in [5.41, 5.74) is 3.52. The molecule has 0 aliphatic carbocycles. The summed E-state index contributed by atoms with van der Waals surface area (Å²) in [5, 5.41) is 7.12. The molecule has 0 spiro atoms. The SMILES string of the molecule is O=C(CSc1ccccn1)N/N=C/c1cccc2ccccc12. The van der Waals surface area contributed by atoms with Crippen molar-refractivity contribution in [1.82, 2.24) is 10.4 Å². The average Bonchev–Trinajstić information content (AvgIpc) is 2.61. The smallest absolute Gasteiger partial charge is 0.250 e. The van der Waals surface area contributed by atoms with Crippen molar-refractivity contribution < 1.29 is 4.79 Å². The Morgan fingerprint density at radius 3 is 2.78 bits per heavy atom. The van der Waals surface area contributed by atoms with Gasteiger partial charge in [-0.1, -0.05) is 60.3 Å². The molecule has 3 aromatic rings. The number of benzene rings is 2. The van der Waals surface area contributed by atoms with Crippen molar-refractivity contribution >= 4 is 34.7 Å². The van der Waals surface area contributed by atoms with E-state index in [0.29, 0.717) is 0 Å². The topological polar surface area (TPSA) is 54.4 Å². The van der Waals surface area contributed by atoms with Crippen LogP contribution < -0.4 is 5.43 Å². The van der Waals surface area contributed by atoms with Gasteiger partial charge < -0.3 is 0 Å². The van der Waals surface area contributed by atoms with Gasteiger partial charge in [0.2, 0.25) is 5.91 Å². The Bertz CT molecular complexity index is 829. The Kier molecular flexibility index (Phi) is 5.01. The van der Waals surface area contributed by atoms with Crippen molar-refractivity contribution in [2.24, 2.45) is 5.10 Å². The third kappa shape index (κ3) is 4.17. The third-order valence-corrected chi connectivity index (χ3v) is 4.15. The molecule has 1 aromatic heterocycles. The Labute approximate surface area is 138 Å². The molecule has 0 aliphatic rings. The summed E-state index contributed by atoms with van der Waals surface area (Å²) < 4.78 is 0. The summed E-state index contributed by atoms with van der Waals surface area (Å²) in [4.78, 5) is 16.0. The monoisotopic (exact) mass is 321 g/mol. The van der Waals surface area contributed by atoms with Crippen molar-refractivity contribution in [3.63, 3.8) is 0 Å². The second-order valence-electron chi connectivity index (χ2n) is 4.82. The van der Waals surface area contributed by atoms with E-state index in [4.69, 9.17) is 0 Å². The maximum atomic E-state index is 11.8. The maximum absolute atomic E-state index is 11.8. The Morgan fingerprint density at radius 1 is 1.09 bits per heavy atom. The van der Waals surface area contributed by atoms with Crippen LogP contribution in [0.5, 0.6) is 0 Å². The van der Waals surface area contributed by atoms with E-state index in [1.54, 1.807) is 12.4 Å². The number of fused-ring (bicyclic) bond motifs is 1. The fourth-order valence-corrected chi connectivity index (χ4v) is 2.79. The number of hydrogen-bond acceptors (Lipinski definition) is 4. The first-order valence-corrected chi connectivity index (χ1v) is 8.15. The molecule has 3 rings (SSSR count). The van der Waals surface area contributed by atoms with E-state index < -0.39 is 0 Å². The van der Waals surface area contributed by atoms with Gasteiger partial charge in [-0.15, -0.1) is 0 Å². The van der Waals surface area contributed by atoms with Crippen molar-refractivity contribution in [1.29, 1.82) is 0 Å². The van der Waals surface area contributed by atoms with E-state index in [1.165, 1.54) is 11.8 Å². The zero-order valence-electron chi connectivity index (χ0n) is 12.3. The van der Waals surface area contributed by atoms with Gasteiger partial charge in [0.25, 0.3) is 0 Å². The second-order valence-corrected chi connectivity index (χ2v) is 5.81. The van der Waals surface area contributed by atoms with Gasteiger partial charge in [0.15, 0.2) is 0 Å². The van der Waals surface area contributed by atoms with E-state index in [9.17, 15) is 4.79 Å².